The summed E-state index contributed by atoms with van der Waals surface area (Å²) in [6.07, 6.45) is 0.102. The molecule has 2 atom stereocenters. The molecule has 0 bridgehead atoms. The first-order chi connectivity index (χ1) is 8.56. The molecule has 0 saturated carbocycles. The number of carbonyl (C=O) groups is 1. The normalized spacial score (nSPS) is 24.0. The van der Waals surface area contributed by atoms with E-state index in [1.807, 2.05) is 0 Å². The molecule has 1 saturated heterocycles. The van der Waals surface area contributed by atoms with Crippen molar-refractivity contribution in [3.63, 3.8) is 0 Å². The second-order valence-corrected chi connectivity index (χ2v) is 4.68. The minimum atomic E-state index is -0.805. The van der Waals surface area contributed by atoms with Crippen molar-refractivity contribution in [1.82, 2.24) is 5.32 Å². The zero-order chi connectivity index (χ0) is 13.1. The summed E-state index contributed by atoms with van der Waals surface area (Å²) in [6, 6.07) is 6.51. The van der Waals surface area contributed by atoms with Gasteiger partial charge in [0, 0.05) is 30.9 Å². The fourth-order valence-corrected chi connectivity index (χ4v) is 2.27. The van der Waals surface area contributed by atoms with Gasteiger partial charge in [0.25, 0.3) is 0 Å². The second-order valence-electron chi connectivity index (χ2n) is 4.68. The maximum Gasteiger partial charge on any atom is 0.304 e. The zero-order valence-electron chi connectivity index (χ0n) is 10.3. The fraction of sp³-hybridized carbons (Fsp3) is 0.462. The quantitative estimate of drug-likeness (QED) is 0.855. The lowest BCUT2D eigenvalue weighted by Crippen LogP contribution is -2.56. The third-order valence-electron chi connectivity index (χ3n) is 3.23. The highest BCUT2D eigenvalue weighted by molar-refractivity contribution is 5.67. The van der Waals surface area contributed by atoms with Gasteiger partial charge in [0.1, 0.15) is 5.82 Å². The van der Waals surface area contributed by atoms with Gasteiger partial charge in [-0.25, -0.2) is 4.39 Å². The molecule has 18 heavy (non-hydrogen) atoms. The summed E-state index contributed by atoms with van der Waals surface area (Å²) in [5.41, 5.74) is 0.931. The van der Waals surface area contributed by atoms with E-state index in [-0.39, 0.29) is 24.3 Å². The van der Waals surface area contributed by atoms with Crippen molar-refractivity contribution in [2.45, 2.75) is 25.4 Å². The van der Waals surface area contributed by atoms with Crippen LogP contribution in [-0.4, -0.2) is 36.2 Å². The molecule has 0 aromatic heterocycles. The first-order valence-electron chi connectivity index (χ1n) is 6.03. The van der Waals surface area contributed by atoms with Gasteiger partial charge >= 0.3 is 5.97 Å². The lowest BCUT2D eigenvalue weighted by molar-refractivity contribution is -0.137. The van der Waals surface area contributed by atoms with Gasteiger partial charge in [-0.1, -0.05) is 0 Å². The maximum atomic E-state index is 12.9. The number of carboxylic acids is 1. The number of halogens is 1. The molecule has 4 nitrogen and oxygen atoms in total. The molecule has 1 aromatic rings. The molecule has 0 radical (unpaired) electrons. The third-order valence-corrected chi connectivity index (χ3v) is 3.23. The number of carboxylic acid groups (broad SMARTS) is 1. The Balaban J connectivity index is 2.09. The Morgan fingerprint density at radius 2 is 2.17 bits per heavy atom. The van der Waals surface area contributed by atoms with Crippen LogP contribution in [-0.2, 0) is 4.79 Å². The number of hydrogen-bond donors (Lipinski definition) is 2. The highest BCUT2D eigenvalue weighted by atomic mass is 19.1. The summed E-state index contributed by atoms with van der Waals surface area (Å²) in [5.74, 6) is -1.07. The molecule has 1 aliphatic heterocycles. The Morgan fingerprint density at radius 1 is 1.50 bits per heavy atom. The Morgan fingerprint density at radius 3 is 2.78 bits per heavy atom. The molecule has 2 rings (SSSR count). The fourth-order valence-electron chi connectivity index (χ4n) is 2.27. The number of benzene rings is 1. The molecule has 5 heteroatoms. The Labute approximate surface area is 105 Å². The summed E-state index contributed by atoms with van der Waals surface area (Å²) < 4.78 is 12.9. The Bertz CT molecular complexity index is 422. The van der Waals surface area contributed by atoms with E-state index in [2.05, 4.69) is 17.1 Å². The van der Waals surface area contributed by atoms with Crippen LogP contribution < -0.4 is 10.2 Å². The monoisotopic (exact) mass is 252 g/mol. The highest BCUT2D eigenvalue weighted by Gasteiger charge is 2.26. The van der Waals surface area contributed by atoms with Crippen LogP contribution in [0.3, 0.4) is 0 Å². The number of piperazine rings is 1. The van der Waals surface area contributed by atoms with Crippen molar-refractivity contribution in [3.8, 4) is 0 Å². The van der Waals surface area contributed by atoms with Gasteiger partial charge in [0.2, 0.25) is 0 Å². The van der Waals surface area contributed by atoms with Gasteiger partial charge in [-0.3, -0.25) is 4.79 Å². The molecule has 0 spiro atoms. The molecule has 0 amide bonds. The number of aliphatic carboxylic acids is 1. The van der Waals surface area contributed by atoms with Gasteiger partial charge in [-0.15, -0.1) is 0 Å². The summed E-state index contributed by atoms with van der Waals surface area (Å²) in [5, 5.41) is 12.0. The summed E-state index contributed by atoms with van der Waals surface area (Å²) in [6.45, 7) is 3.42. The molecule has 2 unspecified atom stereocenters. The molecular formula is C13H17FN2O2. The van der Waals surface area contributed by atoms with Crippen LogP contribution in [0.2, 0.25) is 0 Å². The van der Waals surface area contributed by atoms with E-state index in [0.717, 1.165) is 12.2 Å². The molecular weight excluding hydrogens is 235 g/mol. The maximum absolute atomic E-state index is 12.9. The van der Waals surface area contributed by atoms with E-state index in [0.29, 0.717) is 6.54 Å². The van der Waals surface area contributed by atoms with Crippen LogP contribution in [0.25, 0.3) is 0 Å². The van der Waals surface area contributed by atoms with Gasteiger partial charge in [0.15, 0.2) is 0 Å². The van der Waals surface area contributed by atoms with Crippen LogP contribution in [0.5, 0.6) is 0 Å². The average Bonchev–Trinajstić information content (AvgIpc) is 2.32. The topological polar surface area (TPSA) is 52.6 Å². The second kappa shape index (κ2) is 5.35. The third kappa shape index (κ3) is 2.98. The zero-order valence-corrected chi connectivity index (χ0v) is 10.3. The van der Waals surface area contributed by atoms with Crippen LogP contribution in [0.1, 0.15) is 13.3 Å². The van der Waals surface area contributed by atoms with E-state index >= 15 is 0 Å². The number of anilines is 1. The van der Waals surface area contributed by atoms with Crippen molar-refractivity contribution in [2.24, 2.45) is 0 Å². The van der Waals surface area contributed by atoms with Crippen molar-refractivity contribution in [1.29, 1.82) is 0 Å². The molecule has 1 aliphatic rings. The summed E-state index contributed by atoms with van der Waals surface area (Å²) in [4.78, 5) is 12.8. The average molecular weight is 252 g/mol. The van der Waals surface area contributed by atoms with E-state index < -0.39 is 5.97 Å². The number of hydrogen-bond acceptors (Lipinski definition) is 3. The van der Waals surface area contributed by atoms with Gasteiger partial charge < -0.3 is 15.3 Å². The van der Waals surface area contributed by atoms with Crippen LogP contribution in [0.4, 0.5) is 10.1 Å². The number of rotatable bonds is 3. The minimum Gasteiger partial charge on any atom is -0.481 e. The lowest BCUT2D eigenvalue weighted by Gasteiger charge is -2.40. The van der Waals surface area contributed by atoms with Crippen LogP contribution in [0.15, 0.2) is 24.3 Å². The van der Waals surface area contributed by atoms with Crippen molar-refractivity contribution in [2.75, 3.05) is 18.0 Å². The molecule has 1 aromatic carbocycles. The van der Waals surface area contributed by atoms with Gasteiger partial charge in [-0.05, 0) is 31.2 Å². The molecule has 1 fully saturated rings. The van der Waals surface area contributed by atoms with E-state index in [1.165, 1.54) is 12.1 Å². The highest BCUT2D eigenvalue weighted by Crippen LogP contribution is 2.20. The molecule has 2 N–H and O–H groups in total. The summed E-state index contributed by atoms with van der Waals surface area (Å²) >= 11 is 0. The Hall–Kier alpha value is -1.62. The minimum absolute atomic E-state index is 0.0660. The molecule has 1 heterocycles. The largest absolute Gasteiger partial charge is 0.481 e. The van der Waals surface area contributed by atoms with E-state index in [1.54, 1.807) is 12.1 Å². The standard InChI is InChI=1S/C13H17FN2O2/c1-9-7-15-11(6-13(17)18)8-16(9)12-4-2-10(14)3-5-12/h2-5,9,11,15H,6-8H2,1H3,(H,17,18). The summed E-state index contributed by atoms with van der Waals surface area (Å²) in [7, 11) is 0. The predicted octanol–water partition coefficient (Wildman–Crippen LogP) is 1.47. The SMILES string of the molecule is CC1CNC(CC(=O)O)CN1c1ccc(F)cc1. The number of nitrogens with one attached hydrogen (secondary N) is 1. The lowest BCUT2D eigenvalue weighted by atomic mass is 10.1. The Kier molecular flexibility index (Phi) is 3.81. The first-order valence-corrected chi connectivity index (χ1v) is 6.03. The first kappa shape index (κ1) is 12.8. The van der Waals surface area contributed by atoms with Crippen molar-refractivity contribution < 1.29 is 14.3 Å². The van der Waals surface area contributed by atoms with Crippen molar-refractivity contribution in [3.05, 3.63) is 30.1 Å². The molecule has 0 aliphatic carbocycles. The van der Waals surface area contributed by atoms with Gasteiger partial charge in [-0.2, -0.15) is 0 Å². The predicted molar refractivity (Wildman–Crippen MR) is 67.3 cm³/mol. The van der Waals surface area contributed by atoms with Gasteiger partial charge in [0.05, 0.1) is 6.42 Å². The van der Waals surface area contributed by atoms with Crippen LogP contribution in [0, 0.1) is 5.82 Å². The van der Waals surface area contributed by atoms with Crippen LogP contribution >= 0.6 is 0 Å². The smallest absolute Gasteiger partial charge is 0.304 e. The van der Waals surface area contributed by atoms with E-state index in [9.17, 15) is 9.18 Å². The number of nitrogens with zero attached hydrogens (tertiary/aromatic N) is 1. The van der Waals surface area contributed by atoms with E-state index in [4.69, 9.17) is 5.11 Å². The molecule has 98 valence electrons. The van der Waals surface area contributed by atoms with Crippen molar-refractivity contribution >= 4 is 11.7 Å².